The molecule has 5 heteroatoms. The molecule has 1 aromatic rings. The van der Waals surface area contributed by atoms with Gasteiger partial charge in [0.25, 0.3) is 0 Å². The Morgan fingerprint density at radius 1 is 1.27 bits per heavy atom. The molecule has 0 radical (unpaired) electrons. The van der Waals surface area contributed by atoms with Gasteiger partial charge in [-0.3, -0.25) is 0 Å². The Labute approximate surface area is 132 Å². The van der Waals surface area contributed by atoms with Crippen molar-refractivity contribution in [1.29, 1.82) is 0 Å². The summed E-state index contributed by atoms with van der Waals surface area (Å²) in [5.74, 6) is -0.0171. The van der Waals surface area contributed by atoms with E-state index in [9.17, 15) is 9.90 Å². The summed E-state index contributed by atoms with van der Waals surface area (Å²) in [4.78, 5) is 12.0. The van der Waals surface area contributed by atoms with Gasteiger partial charge >= 0.3 is 5.97 Å². The molecule has 1 aliphatic heterocycles. The molecule has 1 N–H and O–H groups in total. The highest BCUT2D eigenvalue weighted by Crippen LogP contribution is 2.24. The number of rotatable bonds is 7. The second-order valence-electron chi connectivity index (χ2n) is 6.16. The van der Waals surface area contributed by atoms with Gasteiger partial charge in [-0.2, -0.15) is 0 Å². The van der Waals surface area contributed by atoms with Crippen molar-refractivity contribution in [2.45, 2.75) is 26.2 Å². The third-order valence-electron chi connectivity index (χ3n) is 4.17. The lowest BCUT2D eigenvalue weighted by Crippen LogP contribution is -2.43. The van der Waals surface area contributed by atoms with Crippen molar-refractivity contribution in [1.82, 2.24) is 0 Å². The van der Waals surface area contributed by atoms with Gasteiger partial charge in [-0.1, -0.05) is 6.92 Å². The van der Waals surface area contributed by atoms with Crippen molar-refractivity contribution in [2.75, 3.05) is 39.9 Å². The van der Waals surface area contributed by atoms with Crippen LogP contribution in [0, 0.1) is 0 Å². The number of benzene rings is 1. The van der Waals surface area contributed by atoms with Crippen LogP contribution >= 0.6 is 0 Å². The van der Waals surface area contributed by atoms with Gasteiger partial charge in [-0.25, -0.2) is 4.79 Å². The van der Waals surface area contributed by atoms with Gasteiger partial charge in [0.1, 0.15) is 30.2 Å². The average molecular weight is 308 g/mol. The number of phenols is 1. The number of aromatic hydroxyl groups is 1. The van der Waals surface area contributed by atoms with Crippen molar-refractivity contribution >= 4 is 5.97 Å². The molecule has 1 aromatic carbocycles. The van der Waals surface area contributed by atoms with Crippen LogP contribution in [0.1, 0.15) is 36.5 Å². The number of ether oxygens (including phenoxy) is 2. The quantitative estimate of drug-likeness (QED) is 0.621. The zero-order valence-electron chi connectivity index (χ0n) is 13.5. The van der Waals surface area contributed by atoms with Gasteiger partial charge in [0.2, 0.25) is 0 Å². The number of hydrogen-bond donors (Lipinski definition) is 1. The number of carbonyl (C=O) groups excluding carboxylic acids is 1. The minimum atomic E-state index is -0.481. The summed E-state index contributed by atoms with van der Waals surface area (Å²) < 4.78 is 11.7. The molecule has 0 bridgehead atoms. The number of nitrogens with zero attached hydrogens (tertiary/aromatic N) is 1. The first-order chi connectivity index (χ1) is 10.5. The summed E-state index contributed by atoms with van der Waals surface area (Å²) in [6, 6.07) is 4.69. The lowest BCUT2D eigenvalue weighted by Gasteiger charge is -2.28. The fourth-order valence-corrected chi connectivity index (χ4v) is 2.75. The maximum atomic E-state index is 12.0. The molecular weight excluding hydrogens is 282 g/mol. The minimum Gasteiger partial charge on any atom is -0.507 e. The van der Waals surface area contributed by atoms with Crippen LogP contribution < -0.4 is 4.74 Å². The Morgan fingerprint density at radius 3 is 2.64 bits per heavy atom. The van der Waals surface area contributed by atoms with Crippen molar-refractivity contribution < 1.29 is 23.9 Å². The van der Waals surface area contributed by atoms with Crippen LogP contribution in [0.2, 0.25) is 0 Å². The summed E-state index contributed by atoms with van der Waals surface area (Å²) in [5.41, 5.74) is 0.188. The molecule has 0 amide bonds. The van der Waals surface area contributed by atoms with Gasteiger partial charge in [-0.15, -0.1) is 0 Å². The molecular formula is C17H26NO4+. The van der Waals surface area contributed by atoms with E-state index in [-0.39, 0.29) is 11.3 Å². The van der Waals surface area contributed by atoms with E-state index in [1.165, 1.54) is 18.9 Å². The monoisotopic (exact) mass is 308 g/mol. The molecule has 0 spiro atoms. The second-order valence-corrected chi connectivity index (χ2v) is 6.16. The van der Waals surface area contributed by atoms with Gasteiger partial charge in [0, 0.05) is 18.9 Å². The van der Waals surface area contributed by atoms with Gasteiger partial charge in [-0.05, 0) is 18.6 Å². The number of carbonyl (C=O) groups is 1. The van der Waals surface area contributed by atoms with E-state index >= 15 is 0 Å². The van der Waals surface area contributed by atoms with E-state index in [1.54, 1.807) is 12.1 Å². The maximum Gasteiger partial charge on any atom is 0.342 e. The second kappa shape index (κ2) is 7.49. The standard InChI is InChI=1S/C17H25NO4/c1-3-11-21-14-6-7-15(16(19)13-14)17(20)22-12-10-18(2)8-4-5-9-18/h6-7,13H,3-5,8-12H2,1-2H3/p+1. The highest BCUT2D eigenvalue weighted by molar-refractivity contribution is 5.92. The van der Waals surface area contributed by atoms with Crippen molar-refractivity contribution in [3.8, 4) is 11.5 Å². The number of hydrogen-bond acceptors (Lipinski definition) is 4. The predicted molar refractivity (Wildman–Crippen MR) is 84.2 cm³/mol. The van der Waals surface area contributed by atoms with Gasteiger partial charge < -0.3 is 19.1 Å². The maximum absolute atomic E-state index is 12.0. The van der Waals surface area contributed by atoms with E-state index in [1.807, 2.05) is 6.92 Å². The van der Waals surface area contributed by atoms with Gasteiger partial charge in [0.15, 0.2) is 0 Å². The number of likely N-dealkylation sites (N-methyl/N-ethyl adjacent to an activating group) is 1. The van der Waals surface area contributed by atoms with Crippen molar-refractivity contribution in [3.05, 3.63) is 23.8 Å². The lowest BCUT2D eigenvalue weighted by molar-refractivity contribution is -0.897. The van der Waals surface area contributed by atoms with Crippen LogP contribution in [0.3, 0.4) is 0 Å². The first-order valence-electron chi connectivity index (χ1n) is 8.00. The highest BCUT2D eigenvalue weighted by Gasteiger charge is 2.27. The Bertz CT molecular complexity index is 509. The molecule has 1 saturated heterocycles. The lowest BCUT2D eigenvalue weighted by atomic mass is 10.2. The average Bonchev–Trinajstić information content (AvgIpc) is 2.92. The van der Waals surface area contributed by atoms with Crippen LogP contribution in [0.5, 0.6) is 11.5 Å². The summed E-state index contributed by atoms with van der Waals surface area (Å²) >= 11 is 0. The first kappa shape index (κ1) is 16.6. The Hall–Kier alpha value is -1.75. The fourth-order valence-electron chi connectivity index (χ4n) is 2.75. The Kier molecular flexibility index (Phi) is 5.66. The summed E-state index contributed by atoms with van der Waals surface area (Å²) in [7, 11) is 2.19. The summed E-state index contributed by atoms with van der Waals surface area (Å²) in [6.45, 7) is 6.08. The van der Waals surface area contributed by atoms with Crippen LogP contribution in [0.4, 0.5) is 0 Å². The van der Waals surface area contributed by atoms with Crippen LogP contribution in [-0.2, 0) is 4.74 Å². The van der Waals surface area contributed by atoms with Crippen LogP contribution in [0.15, 0.2) is 18.2 Å². The smallest absolute Gasteiger partial charge is 0.342 e. The third-order valence-corrected chi connectivity index (χ3v) is 4.17. The summed E-state index contributed by atoms with van der Waals surface area (Å²) in [5, 5.41) is 9.94. The molecule has 1 heterocycles. The minimum absolute atomic E-state index is 0.0971. The van der Waals surface area contributed by atoms with E-state index in [2.05, 4.69) is 7.05 Å². The molecule has 0 unspecified atom stereocenters. The molecule has 2 rings (SSSR count). The Morgan fingerprint density at radius 2 is 2.00 bits per heavy atom. The highest BCUT2D eigenvalue weighted by atomic mass is 16.5. The van der Waals surface area contributed by atoms with Crippen molar-refractivity contribution in [3.63, 3.8) is 0 Å². The summed E-state index contributed by atoms with van der Waals surface area (Å²) in [6.07, 6.45) is 3.37. The Balaban J connectivity index is 1.86. The van der Waals surface area contributed by atoms with E-state index in [0.29, 0.717) is 19.0 Å². The van der Waals surface area contributed by atoms with E-state index < -0.39 is 5.97 Å². The van der Waals surface area contributed by atoms with E-state index in [4.69, 9.17) is 9.47 Å². The largest absolute Gasteiger partial charge is 0.507 e. The zero-order chi connectivity index (χ0) is 16.0. The predicted octanol–water partition coefficient (Wildman–Crippen LogP) is 2.58. The first-order valence-corrected chi connectivity index (χ1v) is 8.00. The number of quaternary nitrogens is 1. The molecule has 1 aliphatic rings. The molecule has 0 atom stereocenters. The molecule has 0 aromatic heterocycles. The molecule has 5 nitrogen and oxygen atoms in total. The fraction of sp³-hybridized carbons (Fsp3) is 0.588. The van der Waals surface area contributed by atoms with Crippen molar-refractivity contribution in [2.24, 2.45) is 0 Å². The topological polar surface area (TPSA) is 55.8 Å². The number of likely N-dealkylation sites (tertiary alicyclic amines) is 1. The molecule has 122 valence electrons. The third kappa shape index (κ3) is 4.37. The van der Waals surface area contributed by atoms with Crippen LogP contribution in [0.25, 0.3) is 0 Å². The number of phenolic OH excluding ortho intramolecular Hbond substituents is 1. The molecule has 0 saturated carbocycles. The SMILES string of the molecule is CCCOc1ccc(C(=O)OCC[N+]2(C)CCCC2)c(O)c1. The zero-order valence-corrected chi connectivity index (χ0v) is 13.5. The van der Waals surface area contributed by atoms with E-state index in [0.717, 1.165) is 30.5 Å². The van der Waals surface area contributed by atoms with Crippen LogP contribution in [-0.4, -0.2) is 55.5 Å². The number of esters is 1. The molecule has 0 aliphatic carbocycles. The normalized spacial score (nSPS) is 16.5. The molecule has 1 fully saturated rings. The van der Waals surface area contributed by atoms with Gasteiger partial charge in [0.05, 0.1) is 26.7 Å². The molecule has 22 heavy (non-hydrogen) atoms.